The van der Waals surface area contributed by atoms with Gasteiger partial charge in [-0.05, 0) is 41.1 Å². The Labute approximate surface area is 117 Å². The Morgan fingerprint density at radius 3 is 2.59 bits per heavy atom. The Morgan fingerprint density at radius 1 is 1.29 bits per heavy atom. The van der Waals surface area contributed by atoms with E-state index in [2.05, 4.69) is 33.2 Å². The smallest absolute Gasteiger partial charge is 0.314 e. The van der Waals surface area contributed by atoms with Crippen LogP contribution < -0.4 is 10.6 Å². The van der Waals surface area contributed by atoms with Gasteiger partial charge in [-0.3, -0.25) is 4.79 Å². The molecule has 0 bridgehead atoms. The number of amides is 2. The number of aliphatic carboxylic acids is 1. The molecule has 1 rings (SSSR count). The maximum atomic E-state index is 11.2. The molecule has 1 heterocycles. The predicted molar refractivity (Wildman–Crippen MR) is 74.4 cm³/mol. The van der Waals surface area contributed by atoms with Crippen molar-refractivity contribution < 1.29 is 14.7 Å². The van der Waals surface area contributed by atoms with Crippen molar-refractivity contribution in [3.63, 3.8) is 0 Å². The standard InChI is InChI=1S/C10H13IN2O3S/c11-8-2-1-7(17-8)3-5-12-10(16)13-6-4-9(14)15/h1-2H,3-6H2,(H,14,15)(H2,12,13,16). The second-order valence-electron chi connectivity index (χ2n) is 3.28. The molecule has 94 valence electrons. The molecule has 0 aliphatic carbocycles. The molecule has 0 aromatic carbocycles. The Balaban J connectivity index is 2.10. The van der Waals surface area contributed by atoms with Crippen molar-refractivity contribution in [1.82, 2.24) is 10.6 Å². The van der Waals surface area contributed by atoms with E-state index in [1.54, 1.807) is 11.3 Å². The number of carbonyl (C=O) groups excluding carboxylic acids is 1. The van der Waals surface area contributed by atoms with Gasteiger partial charge < -0.3 is 15.7 Å². The molecular weight excluding hydrogens is 355 g/mol. The van der Waals surface area contributed by atoms with Crippen LogP contribution in [0.4, 0.5) is 4.79 Å². The van der Waals surface area contributed by atoms with Crippen molar-refractivity contribution >= 4 is 45.9 Å². The van der Waals surface area contributed by atoms with Crippen LogP contribution in [0.5, 0.6) is 0 Å². The van der Waals surface area contributed by atoms with Gasteiger partial charge in [-0.25, -0.2) is 4.79 Å². The normalized spacial score (nSPS) is 9.94. The summed E-state index contributed by atoms with van der Waals surface area (Å²) in [7, 11) is 0. The number of thiophene rings is 1. The van der Waals surface area contributed by atoms with Crippen LogP contribution in [-0.4, -0.2) is 30.2 Å². The first-order chi connectivity index (χ1) is 8.08. The Kier molecular flexibility index (Phi) is 6.27. The number of halogens is 1. The van der Waals surface area contributed by atoms with Gasteiger partial charge in [0, 0.05) is 18.0 Å². The number of carboxylic acid groups (broad SMARTS) is 1. The molecule has 0 aliphatic heterocycles. The third-order valence-corrected chi connectivity index (χ3v) is 3.86. The second kappa shape index (κ2) is 7.49. The van der Waals surface area contributed by atoms with E-state index in [0.717, 1.165) is 6.42 Å². The van der Waals surface area contributed by atoms with Crippen LogP contribution in [0.15, 0.2) is 12.1 Å². The first-order valence-corrected chi connectivity index (χ1v) is 6.95. The molecule has 0 fully saturated rings. The van der Waals surface area contributed by atoms with Gasteiger partial charge in [0.2, 0.25) is 0 Å². The lowest BCUT2D eigenvalue weighted by Crippen LogP contribution is -2.37. The quantitative estimate of drug-likeness (QED) is 0.669. The summed E-state index contributed by atoms with van der Waals surface area (Å²) in [4.78, 5) is 22.6. The Morgan fingerprint density at radius 2 is 2.00 bits per heavy atom. The molecule has 17 heavy (non-hydrogen) atoms. The van der Waals surface area contributed by atoms with Gasteiger partial charge in [0.15, 0.2) is 0 Å². The lowest BCUT2D eigenvalue weighted by molar-refractivity contribution is -0.136. The van der Waals surface area contributed by atoms with Gasteiger partial charge >= 0.3 is 12.0 Å². The summed E-state index contributed by atoms with van der Waals surface area (Å²) in [5.41, 5.74) is 0. The minimum absolute atomic E-state index is 0.0590. The van der Waals surface area contributed by atoms with Crippen molar-refractivity contribution in [2.45, 2.75) is 12.8 Å². The zero-order valence-corrected chi connectivity index (χ0v) is 12.0. The average Bonchev–Trinajstić information content (AvgIpc) is 2.63. The van der Waals surface area contributed by atoms with Crippen LogP contribution in [-0.2, 0) is 11.2 Å². The molecule has 3 N–H and O–H groups in total. The maximum Gasteiger partial charge on any atom is 0.314 e. The highest BCUT2D eigenvalue weighted by molar-refractivity contribution is 14.1. The number of carboxylic acids is 1. The average molecular weight is 368 g/mol. The largest absolute Gasteiger partial charge is 0.481 e. The van der Waals surface area contributed by atoms with E-state index in [-0.39, 0.29) is 19.0 Å². The summed E-state index contributed by atoms with van der Waals surface area (Å²) in [5, 5.41) is 13.5. The van der Waals surface area contributed by atoms with Gasteiger partial charge in [0.25, 0.3) is 0 Å². The van der Waals surface area contributed by atoms with Gasteiger partial charge in [-0.1, -0.05) is 0 Å². The lowest BCUT2D eigenvalue weighted by Gasteiger charge is -2.05. The SMILES string of the molecule is O=C(O)CCNC(=O)NCCc1ccc(I)s1. The number of carbonyl (C=O) groups is 2. The Hall–Kier alpha value is -0.830. The van der Waals surface area contributed by atoms with Crippen LogP contribution in [0.3, 0.4) is 0 Å². The molecule has 0 radical (unpaired) electrons. The van der Waals surface area contributed by atoms with Crippen molar-refractivity contribution in [3.05, 3.63) is 19.9 Å². The molecule has 0 spiro atoms. The summed E-state index contributed by atoms with van der Waals surface area (Å²) in [6, 6.07) is 3.75. The third-order valence-electron chi connectivity index (χ3n) is 1.91. The van der Waals surface area contributed by atoms with E-state index in [1.807, 2.05) is 12.1 Å². The molecule has 0 saturated carbocycles. The molecule has 2 amide bonds. The summed E-state index contributed by atoms with van der Waals surface area (Å²) >= 11 is 3.95. The van der Waals surface area contributed by atoms with E-state index in [4.69, 9.17) is 5.11 Å². The molecule has 0 aliphatic rings. The summed E-state index contributed by atoms with van der Waals surface area (Å²) < 4.78 is 1.23. The van der Waals surface area contributed by atoms with Crippen LogP contribution in [0.1, 0.15) is 11.3 Å². The van der Waals surface area contributed by atoms with E-state index in [1.165, 1.54) is 7.76 Å². The van der Waals surface area contributed by atoms with Crippen LogP contribution in [0.25, 0.3) is 0 Å². The molecule has 5 nitrogen and oxygen atoms in total. The predicted octanol–water partition coefficient (Wildman–Crippen LogP) is 1.67. The fourth-order valence-corrected chi connectivity index (χ4v) is 2.89. The van der Waals surface area contributed by atoms with Crippen molar-refractivity contribution in [1.29, 1.82) is 0 Å². The van der Waals surface area contributed by atoms with Crippen molar-refractivity contribution in [3.8, 4) is 0 Å². The maximum absolute atomic E-state index is 11.2. The second-order valence-corrected chi connectivity index (χ2v) is 6.34. The first kappa shape index (κ1) is 14.2. The molecule has 0 unspecified atom stereocenters. The first-order valence-electron chi connectivity index (χ1n) is 5.05. The van der Waals surface area contributed by atoms with Gasteiger partial charge in [-0.15, -0.1) is 11.3 Å². The minimum Gasteiger partial charge on any atom is -0.481 e. The fraction of sp³-hybridized carbons (Fsp3) is 0.400. The van der Waals surface area contributed by atoms with Gasteiger partial charge in [0.05, 0.1) is 9.30 Å². The zero-order valence-electron chi connectivity index (χ0n) is 9.03. The van der Waals surface area contributed by atoms with E-state index in [0.29, 0.717) is 6.54 Å². The number of nitrogens with one attached hydrogen (secondary N) is 2. The minimum atomic E-state index is -0.918. The highest BCUT2D eigenvalue weighted by atomic mass is 127. The van der Waals surface area contributed by atoms with Gasteiger partial charge in [-0.2, -0.15) is 0 Å². The molecule has 0 saturated heterocycles. The van der Waals surface area contributed by atoms with Crippen LogP contribution >= 0.6 is 33.9 Å². The van der Waals surface area contributed by atoms with Crippen LogP contribution in [0, 0.1) is 2.88 Å². The highest BCUT2D eigenvalue weighted by Crippen LogP contribution is 2.18. The number of rotatable bonds is 6. The number of urea groups is 1. The summed E-state index contributed by atoms with van der Waals surface area (Å²) in [5.74, 6) is -0.918. The van der Waals surface area contributed by atoms with Crippen molar-refractivity contribution in [2.24, 2.45) is 0 Å². The molecule has 1 aromatic rings. The molecule has 1 aromatic heterocycles. The molecule has 0 atom stereocenters. The Bertz CT molecular complexity index is 395. The highest BCUT2D eigenvalue weighted by Gasteiger charge is 2.02. The topological polar surface area (TPSA) is 78.4 Å². The van der Waals surface area contributed by atoms with Crippen LogP contribution in [0.2, 0.25) is 0 Å². The molecule has 7 heteroatoms. The lowest BCUT2D eigenvalue weighted by atomic mass is 10.3. The fourth-order valence-electron chi connectivity index (χ4n) is 1.13. The van der Waals surface area contributed by atoms with E-state index >= 15 is 0 Å². The van der Waals surface area contributed by atoms with Gasteiger partial charge in [0.1, 0.15) is 0 Å². The van der Waals surface area contributed by atoms with Crippen molar-refractivity contribution in [2.75, 3.05) is 13.1 Å². The summed E-state index contributed by atoms with van der Waals surface area (Å²) in [6.45, 7) is 0.702. The van der Waals surface area contributed by atoms with E-state index in [9.17, 15) is 9.59 Å². The zero-order chi connectivity index (χ0) is 12.7. The third kappa shape index (κ3) is 6.47. The van der Waals surface area contributed by atoms with E-state index < -0.39 is 5.97 Å². The monoisotopic (exact) mass is 368 g/mol. The number of hydrogen-bond donors (Lipinski definition) is 3. The number of hydrogen-bond acceptors (Lipinski definition) is 3. The molecular formula is C10H13IN2O3S. The summed E-state index contributed by atoms with van der Waals surface area (Å²) in [6.07, 6.45) is 0.733.